The van der Waals surface area contributed by atoms with E-state index < -0.39 is 0 Å². The molecule has 0 saturated heterocycles. The van der Waals surface area contributed by atoms with E-state index in [-0.39, 0.29) is 48.4 Å². The van der Waals surface area contributed by atoms with Gasteiger partial charge < -0.3 is 25.8 Å². The fourth-order valence-corrected chi connectivity index (χ4v) is 3.11. The van der Waals surface area contributed by atoms with Crippen molar-refractivity contribution in [2.45, 2.75) is 44.6 Å². The first-order valence-corrected chi connectivity index (χ1v) is 8.96. The molecule has 0 atom stereocenters. The number of amides is 1. The lowest BCUT2D eigenvalue weighted by atomic mass is 9.95. The van der Waals surface area contributed by atoms with Crippen LogP contribution in [0.2, 0.25) is 0 Å². The van der Waals surface area contributed by atoms with Gasteiger partial charge in [-0.15, -0.1) is 24.0 Å². The lowest BCUT2D eigenvalue weighted by Crippen LogP contribution is -2.38. The smallest absolute Gasteiger partial charge is 0.242 e. The van der Waals surface area contributed by atoms with Crippen molar-refractivity contribution in [3.05, 3.63) is 18.2 Å². The molecule has 2 aliphatic rings. The molecule has 1 aliphatic carbocycles. The summed E-state index contributed by atoms with van der Waals surface area (Å²) >= 11 is 0. The van der Waals surface area contributed by atoms with E-state index in [0.717, 1.165) is 30.7 Å². The molecule has 1 heterocycles. The Morgan fingerprint density at radius 2 is 1.85 bits per heavy atom. The van der Waals surface area contributed by atoms with Crippen molar-refractivity contribution in [3.63, 3.8) is 0 Å². The van der Waals surface area contributed by atoms with Crippen LogP contribution in [-0.2, 0) is 4.79 Å². The highest BCUT2D eigenvalue weighted by Crippen LogP contribution is 2.32. The lowest BCUT2D eigenvalue weighted by Gasteiger charge is -2.22. The van der Waals surface area contributed by atoms with E-state index >= 15 is 0 Å². The maximum Gasteiger partial charge on any atom is 0.242 e. The maximum atomic E-state index is 12.0. The Morgan fingerprint density at radius 1 is 1.12 bits per heavy atom. The fraction of sp³-hybridized carbons (Fsp3) is 0.556. The summed E-state index contributed by atoms with van der Waals surface area (Å²) in [5, 5.41) is 6.00. The molecule has 0 spiro atoms. The number of ether oxygens (including phenoxy) is 2. The third kappa shape index (κ3) is 6.22. The predicted molar refractivity (Wildman–Crippen MR) is 113 cm³/mol. The van der Waals surface area contributed by atoms with Crippen molar-refractivity contribution < 1.29 is 14.3 Å². The summed E-state index contributed by atoms with van der Waals surface area (Å²) in [5.74, 6) is 1.53. The summed E-state index contributed by atoms with van der Waals surface area (Å²) in [6.07, 6.45) is 6.60. The normalized spacial score (nSPS) is 17.6. The Bertz CT molecular complexity index is 633. The summed E-state index contributed by atoms with van der Waals surface area (Å²) < 4.78 is 11.2. The molecule has 144 valence electrons. The number of nitrogens with zero attached hydrogens (tertiary/aromatic N) is 1. The molecular formula is C18H27IN4O3. The number of halogens is 1. The van der Waals surface area contributed by atoms with Crippen molar-refractivity contribution in [2.24, 2.45) is 10.7 Å². The van der Waals surface area contributed by atoms with E-state index in [1.165, 1.54) is 19.3 Å². The van der Waals surface area contributed by atoms with Crippen LogP contribution in [-0.4, -0.2) is 37.7 Å². The highest BCUT2D eigenvalue weighted by molar-refractivity contribution is 14.0. The van der Waals surface area contributed by atoms with Gasteiger partial charge >= 0.3 is 0 Å². The van der Waals surface area contributed by atoms with Crippen LogP contribution in [0.1, 0.15) is 38.5 Å². The number of rotatable bonds is 4. The monoisotopic (exact) mass is 474 g/mol. The van der Waals surface area contributed by atoms with E-state index in [1.54, 1.807) is 0 Å². The minimum atomic E-state index is -0.0877. The Hall–Kier alpha value is -1.71. The average Bonchev–Trinajstić information content (AvgIpc) is 2.86. The highest BCUT2D eigenvalue weighted by atomic mass is 127. The largest absolute Gasteiger partial charge is 0.490 e. The number of hydrogen-bond acceptors (Lipinski definition) is 4. The molecule has 0 aromatic heterocycles. The van der Waals surface area contributed by atoms with Crippen LogP contribution in [0.25, 0.3) is 0 Å². The van der Waals surface area contributed by atoms with Crippen molar-refractivity contribution in [2.75, 3.05) is 25.1 Å². The number of anilines is 1. The fourth-order valence-electron chi connectivity index (χ4n) is 3.11. The van der Waals surface area contributed by atoms with Crippen LogP contribution >= 0.6 is 24.0 Å². The van der Waals surface area contributed by atoms with Crippen LogP contribution in [0.4, 0.5) is 5.69 Å². The first kappa shape index (κ1) is 20.6. The van der Waals surface area contributed by atoms with Gasteiger partial charge in [-0.1, -0.05) is 19.3 Å². The molecule has 7 nitrogen and oxygen atoms in total. The number of guanidine groups is 1. The van der Waals surface area contributed by atoms with Gasteiger partial charge in [0.15, 0.2) is 17.5 Å². The average molecular weight is 474 g/mol. The number of aliphatic imine (C=N–C) groups is 1. The zero-order valence-corrected chi connectivity index (χ0v) is 17.2. The summed E-state index contributed by atoms with van der Waals surface area (Å²) in [7, 11) is 0. The van der Waals surface area contributed by atoms with Gasteiger partial charge in [0.1, 0.15) is 6.54 Å². The Morgan fingerprint density at radius 3 is 2.62 bits per heavy atom. The summed E-state index contributed by atoms with van der Waals surface area (Å²) in [4.78, 5) is 16.1. The van der Waals surface area contributed by atoms with Crippen molar-refractivity contribution in [3.8, 4) is 11.5 Å². The van der Waals surface area contributed by atoms with Crippen molar-refractivity contribution in [1.29, 1.82) is 0 Å². The Labute approximate surface area is 171 Å². The van der Waals surface area contributed by atoms with E-state index in [9.17, 15) is 4.79 Å². The first-order chi connectivity index (χ1) is 12.2. The van der Waals surface area contributed by atoms with Crippen LogP contribution < -0.4 is 25.8 Å². The van der Waals surface area contributed by atoms with Crippen molar-refractivity contribution >= 4 is 41.5 Å². The van der Waals surface area contributed by atoms with Crippen LogP contribution in [0.3, 0.4) is 0 Å². The number of nitrogens with one attached hydrogen (secondary N) is 2. The second kappa shape index (κ2) is 10.4. The topological polar surface area (TPSA) is 98.0 Å². The molecule has 4 N–H and O–H groups in total. The van der Waals surface area contributed by atoms with Gasteiger partial charge in [-0.05, 0) is 25.0 Å². The molecule has 3 rings (SSSR count). The van der Waals surface area contributed by atoms with Gasteiger partial charge in [-0.25, -0.2) is 4.99 Å². The van der Waals surface area contributed by atoms with Gasteiger partial charge in [0.05, 0.1) is 13.2 Å². The lowest BCUT2D eigenvalue weighted by molar-refractivity contribution is -0.120. The maximum absolute atomic E-state index is 12.0. The molecule has 0 unspecified atom stereocenters. The molecule has 26 heavy (non-hydrogen) atoms. The standard InChI is InChI=1S/C18H26N4O3.HI/c19-18(20-12-17(23)21-13-5-2-1-3-6-13)22-14-7-8-15-16(11-14)25-10-4-9-24-15;/h7-8,11,13H,1-6,9-10,12H2,(H,21,23)(H3,19,20,22);1H. The van der Waals surface area contributed by atoms with Crippen LogP contribution in [0.5, 0.6) is 11.5 Å². The molecule has 0 radical (unpaired) electrons. The number of nitrogens with two attached hydrogens (primary N) is 1. The Balaban J connectivity index is 0.00000243. The second-order valence-electron chi connectivity index (χ2n) is 6.44. The minimum absolute atomic E-state index is 0. The summed E-state index contributed by atoms with van der Waals surface area (Å²) in [5.41, 5.74) is 6.63. The van der Waals surface area contributed by atoms with E-state index in [4.69, 9.17) is 15.2 Å². The minimum Gasteiger partial charge on any atom is -0.490 e. The predicted octanol–water partition coefficient (Wildman–Crippen LogP) is 2.64. The third-order valence-corrected chi connectivity index (χ3v) is 4.38. The number of carbonyl (C=O) groups excluding carboxylic acids is 1. The molecule has 1 saturated carbocycles. The second-order valence-corrected chi connectivity index (χ2v) is 6.44. The SMILES string of the molecule is I.NC(=NCC(=O)NC1CCCCC1)Nc1ccc2c(c1)OCCCO2. The quantitative estimate of drug-likeness (QED) is 0.354. The molecule has 0 bridgehead atoms. The van der Waals surface area contributed by atoms with E-state index in [1.807, 2.05) is 18.2 Å². The molecular weight excluding hydrogens is 447 g/mol. The molecule has 1 fully saturated rings. The van der Waals surface area contributed by atoms with Gasteiger partial charge in [0, 0.05) is 24.2 Å². The zero-order valence-electron chi connectivity index (χ0n) is 14.8. The molecule has 1 aliphatic heterocycles. The Kier molecular flexibility index (Phi) is 8.27. The molecule has 8 heteroatoms. The highest BCUT2D eigenvalue weighted by Gasteiger charge is 2.15. The first-order valence-electron chi connectivity index (χ1n) is 8.96. The number of carbonyl (C=O) groups is 1. The van der Waals surface area contributed by atoms with Gasteiger partial charge in [-0.3, -0.25) is 4.79 Å². The van der Waals surface area contributed by atoms with Crippen LogP contribution in [0.15, 0.2) is 23.2 Å². The van der Waals surface area contributed by atoms with Gasteiger partial charge in [0.25, 0.3) is 0 Å². The van der Waals surface area contributed by atoms with Crippen LogP contribution in [0, 0.1) is 0 Å². The van der Waals surface area contributed by atoms with E-state index in [0.29, 0.717) is 19.0 Å². The molecule has 1 aromatic carbocycles. The molecule has 1 aromatic rings. The summed E-state index contributed by atoms with van der Waals surface area (Å²) in [6, 6.07) is 5.79. The number of fused-ring (bicyclic) bond motifs is 1. The van der Waals surface area contributed by atoms with Crippen molar-refractivity contribution in [1.82, 2.24) is 5.32 Å². The number of benzene rings is 1. The van der Waals surface area contributed by atoms with Gasteiger partial charge in [-0.2, -0.15) is 0 Å². The summed E-state index contributed by atoms with van der Waals surface area (Å²) in [6.45, 7) is 1.31. The number of hydrogen-bond donors (Lipinski definition) is 3. The third-order valence-electron chi connectivity index (χ3n) is 4.38. The zero-order chi connectivity index (χ0) is 17.5. The van der Waals surface area contributed by atoms with E-state index in [2.05, 4.69) is 15.6 Å². The molecule has 1 amide bonds. The van der Waals surface area contributed by atoms with Gasteiger partial charge in [0.2, 0.25) is 5.91 Å².